The molecule has 0 saturated heterocycles. The van der Waals surface area contributed by atoms with E-state index in [1.165, 1.54) is 12.4 Å². The van der Waals surface area contributed by atoms with Gasteiger partial charge in [0, 0.05) is 19.3 Å². The topological polar surface area (TPSA) is 112 Å². The van der Waals surface area contributed by atoms with E-state index in [1.807, 2.05) is 0 Å². The van der Waals surface area contributed by atoms with Crippen LogP contribution in [0.1, 0.15) is 6.42 Å². The van der Waals surface area contributed by atoms with Crippen LogP contribution in [-0.4, -0.2) is 36.4 Å². The molecule has 0 aliphatic heterocycles. The second-order valence-corrected chi connectivity index (χ2v) is 3.47. The standard InChI is InChI=1S/C9H11N7O2/c17-16(18)8-6-11-9(12-7-8)10-2-1-4-15-5-3-13-14-15/h3,5-7H,1-2,4H2,(H,10,11,12). The SMILES string of the molecule is O=[N+]([O-])c1cnc(NCCCn2ccnn2)nc1. The van der Waals surface area contributed by atoms with Gasteiger partial charge in [-0.15, -0.1) is 5.10 Å². The predicted molar refractivity (Wildman–Crippen MR) is 61.8 cm³/mol. The number of aryl methyl sites for hydroxylation is 1. The molecule has 0 aliphatic rings. The first-order valence-electron chi connectivity index (χ1n) is 5.30. The van der Waals surface area contributed by atoms with E-state index < -0.39 is 4.92 Å². The number of aromatic nitrogens is 5. The lowest BCUT2D eigenvalue weighted by Gasteiger charge is -2.03. The third-order valence-corrected chi connectivity index (χ3v) is 2.17. The normalized spacial score (nSPS) is 10.2. The van der Waals surface area contributed by atoms with Crippen molar-refractivity contribution in [2.45, 2.75) is 13.0 Å². The average Bonchev–Trinajstić information content (AvgIpc) is 2.88. The van der Waals surface area contributed by atoms with Gasteiger partial charge in [-0.2, -0.15) is 0 Å². The van der Waals surface area contributed by atoms with Crippen LogP contribution in [0.25, 0.3) is 0 Å². The van der Waals surface area contributed by atoms with Crippen molar-refractivity contribution < 1.29 is 4.92 Å². The molecule has 94 valence electrons. The highest BCUT2D eigenvalue weighted by Crippen LogP contribution is 2.07. The second-order valence-electron chi connectivity index (χ2n) is 3.47. The maximum absolute atomic E-state index is 10.4. The molecule has 2 aromatic heterocycles. The zero-order valence-electron chi connectivity index (χ0n) is 9.43. The average molecular weight is 249 g/mol. The van der Waals surface area contributed by atoms with E-state index in [9.17, 15) is 10.1 Å². The van der Waals surface area contributed by atoms with Gasteiger partial charge in [0.05, 0.1) is 11.1 Å². The van der Waals surface area contributed by atoms with E-state index in [4.69, 9.17) is 0 Å². The van der Waals surface area contributed by atoms with Gasteiger partial charge in [-0.1, -0.05) is 5.21 Å². The zero-order valence-corrected chi connectivity index (χ0v) is 9.43. The first kappa shape index (κ1) is 11.9. The van der Waals surface area contributed by atoms with Crippen LogP contribution in [0.3, 0.4) is 0 Å². The highest BCUT2D eigenvalue weighted by Gasteiger charge is 2.05. The molecule has 2 heterocycles. The molecule has 2 rings (SSSR count). The van der Waals surface area contributed by atoms with Crippen LogP contribution in [0.15, 0.2) is 24.8 Å². The lowest BCUT2D eigenvalue weighted by Crippen LogP contribution is -2.09. The summed E-state index contributed by atoms with van der Waals surface area (Å²) in [6.07, 6.45) is 6.57. The van der Waals surface area contributed by atoms with E-state index in [2.05, 4.69) is 25.6 Å². The van der Waals surface area contributed by atoms with Gasteiger partial charge in [0.2, 0.25) is 5.95 Å². The number of hydrogen-bond acceptors (Lipinski definition) is 7. The number of nitrogens with one attached hydrogen (secondary N) is 1. The Balaban J connectivity index is 1.75. The second kappa shape index (κ2) is 5.66. The maximum atomic E-state index is 10.4. The largest absolute Gasteiger partial charge is 0.354 e. The van der Waals surface area contributed by atoms with E-state index in [0.717, 1.165) is 13.0 Å². The number of nitrogens with zero attached hydrogens (tertiary/aromatic N) is 6. The minimum atomic E-state index is -0.533. The van der Waals surface area contributed by atoms with Crippen molar-refractivity contribution in [3.8, 4) is 0 Å². The van der Waals surface area contributed by atoms with E-state index in [1.54, 1.807) is 17.1 Å². The Morgan fingerprint density at radius 3 is 2.78 bits per heavy atom. The molecule has 1 N–H and O–H groups in total. The van der Waals surface area contributed by atoms with Gasteiger partial charge in [0.15, 0.2) is 0 Å². The number of anilines is 1. The lowest BCUT2D eigenvalue weighted by molar-refractivity contribution is -0.385. The molecule has 0 bridgehead atoms. The molecule has 0 aromatic carbocycles. The summed E-state index contributed by atoms with van der Waals surface area (Å²) in [5.41, 5.74) is -0.122. The van der Waals surface area contributed by atoms with Gasteiger partial charge < -0.3 is 5.32 Å². The third kappa shape index (κ3) is 3.20. The van der Waals surface area contributed by atoms with Gasteiger partial charge in [-0.05, 0) is 6.42 Å². The summed E-state index contributed by atoms with van der Waals surface area (Å²) < 4.78 is 1.72. The minimum absolute atomic E-state index is 0.122. The van der Waals surface area contributed by atoms with Crippen LogP contribution in [-0.2, 0) is 6.54 Å². The maximum Gasteiger partial charge on any atom is 0.305 e. The highest BCUT2D eigenvalue weighted by atomic mass is 16.6. The molecule has 0 fully saturated rings. The van der Waals surface area contributed by atoms with Crippen molar-refractivity contribution in [2.75, 3.05) is 11.9 Å². The fourth-order valence-electron chi connectivity index (χ4n) is 1.30. The number of rotatable bonds is 6. The van der Waals surface area contributed by atoms with E-state index >= 15 is 0 Å². The molecule has 0 saturated carbocycles. The highest BCUT2D eigenvalue weighted by molar-refractivity contribution is 5.30. The monoisotopic (exact) mass is 249 g/mol. The Labute approximate surface area is 102 Å². The molecule has 18 heavy (non-hydrogen) atoms. The van der Waals surface area contributed by atoms with Crippen molar-refractivity contribution in [1.82, 2.24) is 25.0 Å². The van der Waals surface area contributed by atoms with Crippen LogP contribution in [0.4, 0.5) is 11.6 Å². The summed E-state index contributed by atoms with van der Waals surface area (Å²) in [5, 5.41) is 20.9. The summed E-state index contributed by atoms with van der Waals surface area (Å²) in [4.78, 5) is 17.5. The Bertz CT molecular complexity index is 496. The van der Waals surface area contributed by atoms with Gasteiger partial charge in [-0.3, -0.25) is 14.8 Å². The number of hydrogen-bond donors (Lipinski definition) is 1. The third-order valence-electron chi connectivity index (χ3n) is 2.17. The van der Waals surface area contributed by atoms with Gasteiger partial charge in [0.25, 0.3) is 0 Å². The molecule has 0 amide bonds. The van der Waals surface area contributed by atoms with Crippen molar-refractivity contribution in [3.63, 3.8) is 0 Å². The first-order chi connectivity index (χ1) is 8.75. The van der Waals surface area contributed by atoms with Crippen LogP contribution < -0.4 is 5.32 Å². The van der Waals surface area contributed by atoms with Gasteiger partial charge in [-0.25, -0.2) is 9.97 Å². The predicted octanol–water partition coefficient (Wildman–Crippen LogP) is 0.478. The van der Waals surface area contributed by atoms with Crippen molar-refractivity contribution in [2.24, 2.45) is 0 Å². The summed E-state index contributed by atoms with van der Waals surface area (Å²) in [6.45, 7) is 1.39. The van der Waals surface area contributed by atoms with Crippen molar-refractivity contribution in [3.05, 3.63) is 34.9 Å². The van der Waals surface area contributed by atoms with Gasteiger partial charge in [0.1, 0.15) is 12.4 Å². The van der Waals surface area contributed by atoms with Crippen LogP contribution in [0, 0.1) is 10.1 Å². The van der Waals surface area contributed by atoms with Gasteiger partial charge >= 0.3 is 5.69 Å². The zero-order chi connectivity index (χ0) is 12.8. The Morgan fingerprint density at radius 2 is 2.17 bits per heavy atom. The smallest absolute Gasteiger partial charge is 0.305 e. The molecule has 0 aliphatic carbocycles. The molecule has 9 heteroatoms. The minimum Gasteiger partial charge on any atom is -0.354 e. The Morgan fingerprint density at radius 1 is 1.39 bits per heavy atom. The van der Waals surface area contributed by atoms with Crippen LogP contribution >= 0.6 is 0 Å². The van der Waals surface area contributed by atoms with E-state index in [-0.39, 0.29) is 5.69 Å². The van der Waals surface area contributed by atoms with Crippen molar-refractivity contribution in [1.29, 1.82) is 0 Å². The summed E-state index contributed by atoms with van der Waals surface area (Å²) in [5.74, 6) is 0.374. The Kier molecular flexibility index (Phi) is 3.74. The molecular weight excluding hydrogens is 238 g/mol. The molecule has 0 radical (unpaired) electrons. The fraction of sp³-hybridized carbons (Fsp3) is 0.333. The molecular formula is C9H11N7O2. The van der Waals surface area contributed by atoms with Crippen LogP contribution in [0.2, 0.25) is 0 Å². The summed E-state index contributed by atoms with van der Waals surface area (Å²) in [6, 6.07) is 0. The fourth-order valence-corrected chi connectivity index (χ4v) is 1.30. The lowest BCUT2D eigenvalue weighted by atomic mass is 10.4. The van der Waals surface area contributed by atoms with E-state index in [0.29, 0.717) is 12.5 Å². The number of nitro groups is 1. The molecule has 0 spiro atoms. The summed E-state index contributed by atoms with van der Waals surface area (Å²) >= 11 is 0. The summed E-state index contributed by atoms with van der Waals surface area (Å²) in [7, 11) is 0. The molecule has 0 atom stereocenters. The molecule has 0 unspecified atom stereocenters. The quantitative estimate of drug-likeness (QED) is 0.450. The van der Waals surface area contributed by atoms with Crippen molar-refractivity contribution >= 4 is 11.6 Å². The Hall–Kier alpha value is -2.58. The molecule has 2 aromatic rings. The first-order valence-corrected chi connectivity index (χ1v) is 5.30. The van der Waals surface area contributed by atoms with Crippen LogP contribution in [0.5, 0.6) is 0 Å². The molecule has 9 nitrogen and oxygen atoms in total.